The van der Waals surface area contributed by atoms with Gasteiger partial charge in [-0.2, -0.15) is 0 Å². The summed E-state index contributed by atoms with van der Waals surface area (Å²) in [5, 5.41) is 0. The molecule has 13 heavy (non-hydrogen) atoms. The summed E-state index contributed by atoms with van der Waals surface area (Å²) in [5.74, 6) is 0.742. The van der Waals surface area contributed by atoms with Crippen LogP contribution in [0.5, 0.6) is 0 Å². The molecule has 0 bridgehead atoms. The molecular formula is C11H20O2. The molecule has 0 N–H and O–H groups in total. The maximum Gasteiger partial charge on any atom is 0.161 e. The molecule has 0 aromatic heterocycles. The van der Waals surface area contributed by atoms with E-state index in [1.54, 1.807) is 6.08 Å². The smallest absolute Gasteiger partial charge is 0.161 e. The summed E-state index contributed by atoms with van der Waals surface area (Å²) in [6.45, 7) is 10.4. The van der Waals surface area contributed by atoms with E-state index in [1.807, 2.05) is 6.92 Å². The van der Waals surface area contributed by atoms with E-state index in [4.69, 9.17) is 4.74 Å². The van der Waals surface area contributed by atoms with Crippen molar-refractivity contribution < 1.29 is 9.53 Å². The topological polar surface area (TPSA) is 26.3 Å². The lowest BCUT2D eigenvalue weighted by atomic mass is 9.90. The number of hydrogen-bond donors (Lipinski definition) is 0. The lowest BCUT2D eigenvalue weighted by molar-refractivity contribution is -0.128. The fourth-order valence-corrected chi connectivity index (χ4v) is 1.05. The van der Waals surface area contributed by atoms with Crippen molar-refractivity contribution in [2.45, 2.75) is 27.2 Å². The lowest BCUT2D eigenvalue weighted by Crippen LogP contribution is -2.22. The fourth-order valence-electron chi connectivity index (χ4n) is 1.05. The first-order valence-electron chi connectivity index (χ1n) is 4.84. The number of rotatable bonds is 7. The molecule has 2 heteroatoms. The number of Topliss-reactive ketones (excluding diaryl/α,β-unsaturated/α-hetero) is 1. The zero-order valence-corrected chi connectivity index (χ0v) is 8.88. The zero-order valence-electron chi connectivity index (χ0n) is 8.88. The minimum atomic E-state index is 0.106. The number of ether oxygens (including phenoxy) is 1. The summed E-state index contributed by atoms with van der Waals surface area (Å²) in [6.07, 6.45) is 2.69. The van der Waals surface area contributed by atoms with Crippen molar-refractivity contribution >= 4 is 5.78 Å². The van der Waals surface area contributed by atoms with Gasteiger partial charge in [0.25, 0.3) is 0 Å². The average molecular weight is 184 g/mol. The quantitative estimate of drug-likeness (QED) is 0.448. The third-order valence-corrected chi connectivity index (χ3v) is 2.49. The highest BCUT2D eigenvalue weighted by atomic mass is 16.5. The molecule has 0 saturated carbocycles. The van der Waals surface area contributed by atoms with Crippen LogP contribution in [0.1, 0.15) is 27.2 Å². The third-order valence-electron chi connectivity index (χ3n) is 2.49. The zero-order chi connectivity index (χ0) is 10.3. The van der Waals surface area contributed by atoms with E-state index in [2.05, 4.69) is 20.4 Å². The summed E-state index contributed by atoms with van der Waals surface area (Å²) in [4.78, 5) is 11.5. The van der Waals surface area contributed by atoms with E-state index in [1.165, 1.54) is 0 Å². The van der Waals surface area contributed by atoms with Crippen LogP contribution < -0.4 is 0 Å². The molecule has 0 aliphatic carbocycles. The first-order valence-corrected chi connectivity index (χ1v) is 4.84. The van der Waals surface area contributed by atoms with Crippen LogP contribution in [0.4, 0.5) is 0 Å². The van der Waals surface area contributed by atoms with Crippen LogP contribution in [0.2, 0.25) is 0 Å². The molecule has 0 aliphatic rings. The van der Waals surface area contributed by atoms with E-state index >= 15 is 0 Å². The van der Waals surface area contributed by atoms with Gasteiger partial charge in [0.15, 0.2) is 5.78 Å². The summed E-state index contributed by atoms with van der Waals surface area (Å²) >= 11 is 0. The van der Waals surface area contributed by atoms with Crippen molar-refractivity contribution in [3.8, 4) is 0 Å². The number of ketones is 1. The predicted molar refractivity (Wildman–Crippen MR) is 54.6 cm³/mol. The van der Waals surface area contributed by atoms with Crippen LogP contribution in [0.25, 0.3) is 0 Å². The fraction of sp³-hybridized carbons (Fsp3) is 0.727. The molecule has 0 aliphatic heterocycles. The molecule has 0 aromatic rings. The van der Waals surface area contributed by atoms with Gasteiger partial charge in [0.05, 0.1) is 6.61 Å². The van der Waals surface area contributed by atoms with E-state index < -0.39 is 0 Å². The van der Waals surface area contributed by atoms with Gasteiger partial charge in [-0.1, -0.05) is 33.3 Å². The highest BCUT2D eigenvalue weighted by Crippen LogP contribution is 2.15. The molecular weight excluding hydrogens is 164 g/mol. The molecule has 2 unspecified atom stereocenters. The Bertz CT molecular complexity index is 163. The monoisotopic (exact) mass is 184 g/mol. The van der Waals surface area contributed by atoms with E-state index in [9.17, 15) is 4.79 Å². The van der Waals surface area contributed by atoms with Crippen LogP contribution in [-0.2, 0) is 9.53 Å². The van der Waals surface area contributed by atoms with Crippen LogP contribution in [0.3, 0.4) is 0 Å². The minimum absolute atomic E-state index is 0.106. The number of hydrogen-bond acceptors (Lipinski definition) is 2. The minimum Gasteiger partial charge on any atom is -0.370 e. The van der Waals surface area contributed by atoms with Gasteiger partial charge in [-0.15, -0.1) is 6.58 Å². The Kier molecular flexibility index (Phi) is 6.51. The predicted octanol–water partition coefficient (Wildman–Crippen LogP) is 2.44. The Balaban J connectivity index is 3.75. The normalized spacial score (nSPS) is 15.0. The summed E-state index contributed by atoms with van der Waals surface area (Å²) in [5.41, 5.74) is 0. The highest BCUT2D eigenvalue weighted by molar-refractivity contribution is 5.82. The van der Waals surface area contributed by atoms with Crippen molar-refractivity contribution in [2.75, 3.05) is 13.2 Å². The SMILES string of the molecule is C=CCOCC(=O)C(C)C(C)CC. The van der Waals surface area contributed by atoms with Gasteiger partial charge < -0.3 is 4.74 Å². The van der Waals surface area contributed by atoms with Gasteiger partial charge >= 0.3 is 0 Å². The molecule has 0 amide bonds. The molecule has 0 radical (unpaired) electrons. The maximum absolute atomic E-state index is 11.5. The molecule has 0 fully saturated rings. The molecule has 2 nitrogen and oxygen atoms in total. The largest absolute Gasteiger partial charge is 0.370 e. The molecule has 0 spiro atoms. The summed E-state index contributed by atoms with van der Waals surface area (Å²) in [7, 11) is 0. The first-order chi connectivity index (χ1) is 6.13. The molecule has 0 saturated heterocycles. The van der Waals surface area contributed by atoms with Crippen molar-refractivity contribution in [1.29, 1.82) is 0 Å². The van der Waals surface area contributed by atoms with E-state index in [0.29, 0.717) is 12.5 Å². The van der Waals surface area contributed by atoms with Crippen molar-refractivity contribution in [3.63, 3.8) is 0 Å². The van der Waals surface area contributed by atoms with Gasteiger partial charge in [-0.05, 0) is 5.92 Å². The molecule has 76 valence electrons. The molecule has 0 heterocycles. The Morgan fingerprint density at radius 1 is 1.54 bits per heavy atom. The average Bonchev–Trinajstić information content (AvgIpc) is 2.15. The Labute approximate surface area is 81.0 Å². The van der Waals surface area contributed by atoms with Crippen LogP contribution in [-0.4, -0.2) is 19.0 Å². The van der Waals surface area contributed by atoms with Crippen LogP contribution >= 0.6 is 0 Å². The van der Waals surface area contributed by atoms with E-state index in [0.717, 1.165) is 6.42 Å². The van der Waals surface area contributed by atoms with Crippen LogP contribution in [0, 0.1) is 11.8 Å². The number of carbonyl (C=O) groups is 1. The second-order valence-corrected chi connectivity index (χ2v) is 3.44. The van der Waals surface area contributed by atoms with Crippen molar-refractivity contribution in [1.82, 2.24) is 0 Å². The van der Waals surface area contributed by atoms with Gasteiger partial charge in [0, 0.05) is 5.92 Å². The molecule has 2 atom stereocenters. The van der Waals surface area contributed by atoms with Gasteiger partial charge in [-0.3, -0.25) is 4.79 Å². The Hall–Kier alpha value is -0.630. The first kappa shape index (κ1) is 12.4. The van der Waals surface area contributed by atoms with E-state index in [-0.39, 0.29) is 18.3 Å². The van der Waals surface area contributed by atoms with Gasteiger partial charge in [0.1, 0.15) is 6.61 Å². The lowest BCUT2D eigenvalue weighted by Gasteiger charge is -2.16. The molecule has 0 aromatic carbocycles. The highest BCUT2D eigenvalue weighted by Gasteiger charge is 2.18. The third kappa shape index (κ3) is 4.83. The Morgan fingerprint density at radius 3 is 2.62 bits per heavy atom. The number of carbonyl (C=O) groups excluding carboxylic acids is 1. The van der Waals surface area contributed by atoms with Crippen molar-refractivity contribution in [2.24, 2.45) is 11.8 Å². The standard InChI is InChI=1S/C11H20O2/c1-5-7-13-8-11(12)10(4)9(3)6-2/h5,9-10H,1,6-8H2,2-4H3. The summed E-state index contributed by atoms with van der Waals surface area (Å²) in [6, 6.07) is 0. The van der Waals surface area contributed by atoms with Gasteiger partial charge in [0.2, 0.25) is 0 Å². The second kappa shape index (κ2) is 6.84. The second-order valence-electron chi connectivity index (χ2n) is 3.44. The molecule has 0 rings (SSSR count). The van der Waals surface area contributed by atoms with Crippen LogP contribution in [0.15, 0.2) is 12.7 Å². The maximum atomic E-state index is 11.5. The summed E-state index contributed by atoms with van der Waals surface area (Å²) < 4.78 is 5.09. The Morgan fingerprint density at radius 2 is 2.15 bits per heavy atom. The van der Waals surface area contributed by atoms with Crippen molar-refractivity contribution in [3.05, 3.63) is 12.7 Å². The van der Waals surface area contributed by atoms with Gasteiger partial charge in [-0.25, -0.2) is 0 Å².